The van der Waals surface area contributed by atoms with Gasteiger partial charge in [0.15, 0.2) is 0 Å². The number of aromatic nitrogens is 1. The maximum absolute atomic E-state index is 5.78. The van der Waals surface area contributed by atoms with Crippen LogP contribution in [0, 0.1) is 0 Å². The SMILES string of the molecule is N[C@@H]1CC[C@@H]1c1nccs1. The highest BCUT2D eigenvalue weighted by Crippen LogP contribution is 2.36. The second kappa shape index (κ2) is 2.32. The third-order valence-corrected chi connectivity index (χ3v) is 3.00. The Labute approximate surface area is 64.1 Å². The third-order valence-electron chi connectivity index (χ3n) is 2.10. The van der Waals surface area contributed by atoms with Crippen molar-refractivity contribution in [2.45, 2.75) is 24.8 Å². The summed E-state index contributed by atoms with van der Waals surface area (Å²) in [5.74, 6) is 0.569. The molecule has 0 bridgehead atoms. The molecule has 0 unspecified atom stereocenters. The zero-order valence-corrected chi connectivity index (χ0v) is 6.47. The molecule has 1 fully saturated rings. The van der Waals surface area contributed by atoms with E-state index in [2.05, 4.69) is 4.98 Å². The van der Waals surface area contributed by atoms with Gasteiger partial charge in [-0.1, -0.05) is 0 Å². The second-order valence-electron chi connectivity index (χ2n) is 2.72. The lowest BCUT2D eigenvalue weighted by atomic mass is 9.81. The number of thiazole rings is 1. The smallest absolute Gasteiger partial charge is 0.0971 e. The highest BCUT2D eigenvalue weighted by molar-refractivity contribution is 7.09. The van der Waals surface area contributed by atoms with E-state index in [0.29, 0.717) is 12.0 Å². The molecule has 1 aromatic heterocycles. The topological polar surface area (TPSA) is 38.9 Å². The van der Waals surface area contributed by atoms with Crippen molar-refractivity contribution in [2.24, 2.45) is 5.73 Å². The predicted molar refractivity (Wildman–Crippen MR) is 42.1 cm³/mol. The van der Waals surface area contributed by atoms with Crippen molar-refractivity contribution in [1.82, 2.24) is 4.98 Å². The molecule has 1 aliphatic carbocycles. The summed E-state index contributed by atoms with van der Waals surface area (Å²) in [5, 5.41) is 3.24. The van der Waals surface area contributed by atoms with Gasteiger partial charge >= 0.3 is 0 Å². The van der Waals surface area contributed by atoms with Gasteiger partial charge in [-0.3, -0.25) is 0 Å². The molecule has 0 aromatic carbocycles. The Bertz CT molecular complexity index is 207. The minimum absolute atomic E-state index is 0.381. The van der Waals surface area contributed by atoms with E-state index in [1.165, 1.54) is 17.8 Å². The Morgan fingerprint density at radius 1 is 1.60 bits per heavy atom. The van der Waals surface area contributed by atoms with Gasteiger partial charge < -0.3 is 5.73 Å². The Morgan fingerprint density at radius 2 is 2.50 bits per heavy atom. The first-order valence-electron chi connectivity index (χ1n) is 3.53. The van der Waals surface area contributed by atoms with Gasteiger partial charge in [-0.05, 0) is 12.8 Å². The van der Waals surface area contributed by atoms with Crippen molar-refractivity contribution in [3.63, 3.8) is 0 Å². The van der Waals surface area contributed by atoms with Gasteiger partial charge in [-0.2, -0.15) is 0 Å². The Morgan fingerprint density at radius 3 is 2.90 bits per heavy atom. The molecule has 10 heavy (non-hydrogen) atoms. The lowest BCUT2D eigenvalue weighted by Crippen LogP contribution is -2.37. The molecule has 1 aliphatic rings. The third kappa shape index (κ3) is 0.859. The van der Waals surface area contributed by atoms with Gasteiger partial charge in [0, 0.05) is 23.5 Å². The molecule has 0 saturated heterocycles. The molecule has 2 N–H and O–H groups in total. The van der Waals surface area contributed by atoms with Gasteiger partial charge in [0.05, 0.1) is 5.01 Å². The second-order valence-corrected chi connectivity index (χ2v) is 3.64. The zero-order valence-electron chi connectivity index (χ0n) is 5.66. The van der Waals surface area contributed by atoms with E-state index in [4.69, 9.17) is 5.73 Å². The molecule has 0 amide bonds. The van der Waals surface area contributed by atoms with Crippen LogP contribution < -0.4 is 5.73 Å². The molecule has 1 aromatic rings. The highest BCUT2D eigenvalue weighted by Gasteiger charge is 2.30. The van der Waals surface area contributed by atoms with Crippen molar-refractivity contribution < 1.29 is 0 Å². The molecule has 1 heterocycles. The van der Waals surface area contributed by atoms with Crippen molar-refractivity contribution in [3.05, 3.63) is 16.6 Å². The number of hydrogen-bond acceptors (Lipinski definition) is 3. The highest BCUT2D eigenvalue weighted by atomic mass is 32.1. The average molecular weight is 154 g/mol. The number of hydrogen-bond donors (Lipinski definition) is 1. The van der Waals surface area contributed by atoms with Crippen LogP contribution in [-0.2, 0) is 0 Å². The van der Waals surface area contributed by atoms with E-state index >= 15 is 0 Å². The summed E-state index contributed by atoms with van der Waals surface area (Å²) >= 11 is 1.72. The minimum atomic E-state index is 0.381. The first-order chi connectivity index (χ1) is 4.88. The van der Waals surface area contributed by atoms with E-state index in [9.17, 15) is 0 Å². The van der Waals surface area contributed by atoms with Gasteiger partial charge in [0.25, 0.3) is 0 Å². The van der Waals surface area contributed by atoms with Crippen LogP contribution in [0.4, 0.5) is 0 Å². The Balaban J connectivity index is 2.14. The van der Waals surface area contributed by atoms with Crippen molar-refractivity contribution in [2.75, 3.05) is 0 Å². The molecule has 0 radical (unpaired) electrons. The number of rotatable bonds is 1. The van der Waals surface area contributed by atoms with Crippen LogP contribution in [0.5, 0.6) is 0 Å². The fourth-order valence-corrected chi connectivity index (χ4v) is 2.10. The summed E-state index contributed by atoms with van der Waals surface area (Å²) in [5.41, 5.74) is 5.78. The minimum Gasteiger partial charge on any atom is -0.327 e. The molecule has 3 heteroatoms. The first-order valence-corrected chi connectivity index (χ1v) is 4.41. The largest absolute Gasteiger partial charge is 0.327 e. The van der Waals surface area contributed by atoms with E-state index in [1.807, 2.05) is 11.6 Å². The van der Waals surface area contributed by atoms with Crippen LogP contribution in [0.3, 0.4) is 0 Å². The van der Waals surface area contributed by atoms with Crippen LogP contribution in [0.15, 0.2) is 11.6 Å². The standard InChI is InChI=1S/C7H10N2S/c8-6-2-1-5(6)7-9-3-4-10-7/h3-6H,1-2,8H2/t5-,6+/m0/s1. The fourth-order valence-electron chi connectivity index (χ4n) is 1.25. The van der Waals surface area contributed by atoms with Crippen LogP contribution in [-0.4, -0.2) is 11.0 Å². The van der Waals surface area contributed by atoms with Crippen LogP contribution >= 0.6 is 11.3 Å². The summed E-state index contributed by atoms with van der Waals surface area (Å²) in [7, 11) is 0. The normalized spacial score (nSPS) is 31.7. The van der Waals surface area contributed by atoms with Crippen LogP contribution in [0.25, 0.3) is 0 Å². The van der Waals surface area contributed by atoms with E-state index in [1.54, 1.807) is 11.3 Å². The van der Waals surface area contributed by atoms with Crippen LogP contribution in [0.1, 0.15) is 23.8 Å². The van der Waals surface area contributed by atoms with E-state index in [0.717, 1.165) is 0 Å². The van der Waals surface area contributed by atoms with Crippen molar-refractivity contribution in [1.29, 1.82) is 0 Å². The molecular weight excluding hydrogens is 144 g/mol. The molecule has 1 saturated carbocycles. The van der Waals surface area contributed by atoms with Gasteiger partial charge in [0.1, 0.15) is 0 Å². The molecule has 2 atom stereocenters. The monoisotopic (exact) mass is 154 g/mol. The molecule has 54 valence electrons. The van der Waals surface area contributed by atoms with Gasteiger partial charge in [-0.15, -0.1) is 11.3 Å². The van der Waals surface area contributed by atoms with Gasteiger partial charge in [0.2, 0.25) is 0 Å². The Hall–Kier alpha value is -0.410. The maximum Gasteiger partial charge on any atom is 0.0971 e. The van der Waals surface area contributed by atoms with E-state index in [-0.39, 0.29) is 0 Å². The zero-order chi connectivity index (χ0) is 6.97. The van der Waals surface area contributed by atoms with Gasteiger partial charge in [-0.25, -0.2) is 4.98 Å². The lowest BCUT2D eigenvalue weighted by Gasteiger charge is -2.31. The summed E-state index contributed by atoms with van der Waals surface area (Å²) < 4.78 is 0. The number of nitrogens with two attached hydrogens (primary N) is 1. The lowest BCUT2D eigenvalue weighted by molar-refractivity contribution is 0.346. The summed E-state index contributed by atoms with van der Waals surface area (Å²) in [6.45, 7) is 0. The quantitative estimate of drug-likeness (QED) is 0.663. The first kappa shape index (κ1) is 6.31. The molecule has 0 aliphatic heterocycles. The van der Waals surface area contributed by atoms with Crippen LogP contribution in [0.2, 0.25) is 0 Å². The number of nitrogens with zero attached hydrogens (tertiary/aromatic N) is 1. The molecule has 2 nitrogen and oxygen atoms in total. The fraction of sp³-hybridized carbons (Fsp3) is 0.571. The summed E-state index contributed by atoms with van der Waals surface area (Å²) in [4.78, 5) is 4.23. The molecule has 0 spiro atoms. The van der Waals surface area contributed by atoms with Crippen molar-refractivity contribution in [3.8, 4) is 0 Å². The summed E-state index contributed by atoms with van der Waals surface area (Å²) in [6, 6.07) is 0.381. The average Bonchev–Trinajstić information content (AvgIpc) is 2.37. The maximum atomic E-state index is 5.78. The predicted octanol–water partition coefficient (Wildman–Crippen LogP) is 1.35. The van der Waals surface area contributed by atoms with E-state index < -0.39 is 0 Å². The molecule has 2 rings (SSSR count). The molecular formula is C7H10N2S. The Kier molecular flexibility index (Phi) is 1.47. The van der Waals surface area contributed by atoms with Crippen molar-refractivity contribution >= 4 is 11.3 Å². The summed E-state index contributed by atoms with van der Waals surface area (Å²) in [6.07, 6.45) is 4.25.